The van der Waals surface area contributed by atoms with Gasteiger partial charge in [0, 0.05) is 56.5 Å². The predicted octanol–water partition coefficient (Wildman–Crippen LogP) is 6.64. The Morgan fingerprint density at radius 2 is 1.66 bits per heavy atom. The summed E-state index contributed by atoms with van der Waals surface area (Å²) in [6.07, 6.45) is 4.70. The Morgan fingerprint density at radius 3 is 2.30 bits per heavy atom. The van der Waals surface area contributed by atoms with Crippen LogP contribution in [0.15, 0.2) is 77.6 Å². The molecular formula is C50H64F2N7O9PS. The fourth-order valence-corrected chi connectivity index (χ4v) is 9.91. The first-order chi connectivity index (χ1) is 33.4. The second-order valence-corrected chi connectivity index (χ2v) is 20.9. The van der Waals surface area contributed by atoms with E-state index in [1.165, 1.54) is 28.7 Å². The van der Waals surface area contributed by atoms with Crippen LogP contribution in [-0.4, -0.2) is 116 Å². The summed E-state index contributed by atoms with van der Waals surface area (Å²) in [5.41, 5.74) is -0.607. The Labute approximate surface area is 411 Å². The number of thiophene rings is 1. The number of aromatic nitrogens is 2. The van der Waals surface area contributed by atoms with Gasteiger partial charge < -0.3 is 29.6 Å². The number of fused-ring (bicyclic) bond motifs is 2. The maximum atomic E-state index is 13.7. The van der Waals surface area contributed by atoms with Crippen LogP contribution in [0.5, 0.6) is 0 Å². The molecule has 0 bridgehead atoms. The van der Waals surface area contributed by atoms with Crippen molar-refractivity contribution in [2.45, 2.75) is 84.2 Å². The minimum Gasteiger partial charge on any atom is -0.370 e. The summed E-state index contributed by atoms with van der Waals surface area (Å²) in [5, 5.41) is 5.30. The molecule has 5 aromatic rings. The number of amides is 5. The number of piperidine rings is 1. The molecule has 3 atom stereocenters. The van der Waals surface area contributed by atoms with Gasteiger partial charge in [-0.1, -0.05) is 70.2 Å². The Morgan fingerprint density at radius 1 is 0.943 bits per heavy atom. The van der Waals surface area contributed by atoms with Crippen molar-refractivity contribution in [3.8, 4) is 0 Å². The van der Waals surface area contributed by atoms with Crippen LogP contribution in [0.1, 0.15) is 98.3 Å². The number of imide groups is 1. The lowest BCUT2D eigenvalue weighted by molar-refractivity contribution is -0.136. The highest BCUT2D eigenvalue weighted by Gasteiger charge is 2.41. The fraction of sp³-hybridized carbons (Fsp3) is 0.480. The van der Waals surface area contributed by atoms with E-state index in [0.717, 1.165) is 90.8 Å². The molecule has 3 aromatic carbocycles. The van der Waals surface area contributed by atoms with E-state index < -0.39 is 37.5 Å². The summed E-state index contributed by atoms with van der Waals surface area (Å²) in [4.78, 5) is 95.1. The molecule has 4 aliphatic heterocycles. The Hall–Kier alpha value is -5.43. The molecule has 4 saturated heterocycles. The Bertz CT molecular complexity index is 2670. The highest BCUT2D eigenvalue weighted by Crippen LogP contribution is 2.53. The molecule has 378 valence electrons. The molecule has 4 fully saturated rings. The van der Waals surface area contributed by atoms with Gasteiger partial charge in [-0.15, -0.1) is 11.3 Å². The molecular weight excluding hydrogens is 944 g/mol. The summed E-state index contributed by atoms with van der Waals surface area (Å²) >= 11 is 1.12. The maximum absolute atomic E-state index is 13.7. The summed E-state index contributed by atoms with van der Waals surface area (Å²) in [5.74, 6) is 0.307. The third-order valence-electron chi connectivity index (χ3n) is 12.2. The lowest BCUT2D eigenvalue weighted by Gasteiger charge is -2.30. The third kappa shape index (κ3) is 13.9. The first kappa shape index (κ1) is 53.9. The molecule has 20 heteroatoms. The number of rotatable bonds is 10. The van der Waals surface area contributed by atoms with Gasteiger partial charge in [0.15, 0.2) is 0 Å². The molecule has 9 rings (SSSR count). The number of aryl methyl sites for hydroxylation is 1. The molecule has 3 unspecified atom stereocenters. The number of alkyl halides is 2. The van der Waals surface area contributed by atoms with Gasteiger partial charge in [0.1, 0.15) is 12.1 Å². The van der Waals surface area contributed by atoms with E-state index in [0.29, 0.717) is 54.2 Å². The average molecular weight is 1010 g/mol. The highest BCUT2D eigenvalue weighted by atomic mass is 32.1. The van der Waals surface area contributed by atoms with Crippen LogP contribution in [0.3, 0.4) is 0 Å². The fourth-order valence-electron chi connectivity index (χ4n) is 8.58. The van der Waals surface area contributed by atoms with Crippen molar-refractivity contribution < 1.29 is 47.3 Å². The molecule has 2 aromatic heterocycles. The number of carbonyl (C=O) groups is 5. The van der Waals surface area contributed by atoms with Crippen molar-refractivity contribution >= 4 is 70.9 Å². The number of nitrogens with one attached hydrogen (secondary N) is 2. The van der Waals surface area contributed by atoms with Crippen molar-refractivity contribution in [3.63, 3.8) is 0 Å². The van der Waals surface area contributed by atoms with Gasteiger partial charge >= 0.3 is 11.4 Å². The molecule has 0 aliphatic carbocycles. The Kier molecular flexibility index (Phi) is 19.0. The summed E-state index contributed by atoms with van der Waals surface area (Å²) in [7, 11) is -1.72. The Balaban J connectivity index is 0.000000172. The van der Waals surface area contributed by atoms with Crippen LogP contribution < -0.4 is 16.3 Å². The van der Waals surface area contributed by atoms with E-state index in [2.05, 4.69) is 43.2 Å². The lowest BCUT2D eigenvalue weighted by Crippen LogP contribution is -2.44. The second kappa shape index (κ2) is 24.6. The van der Waals surface area contributed by atoms with E-state index in [9.17, 15) is 37.5 Å². The average Bonchev–Trinajstić information content (AvgIpc) is 4.17. The number of benzene rings is 3. The van der Waals surface area contributed by atoms with Gasteiger partial charge in [0.25, 0.3) is 5.91 Å². The normalized spacial score (nSPS) is 19.6. The lowest BCUT2D eigenvalue weighted by atomic mass is 10.1. The molecule has 16 nitrogen and oxygen atoms in total. The summed E-state index contributed by atoms with van der Waals surface area (Å²) < 4.78 is 36.8. The van der Waals surface area contributed by atoms with Crippen molar-refractivity contribution in [3.05, 3.63) is 105 Å². The number of hydrogen-bond acceptors (Lipinski definition) is 11. The molecule has 6 heterocycles. The van der Waals surface area contributed by atoms with Crippen molar-refractivity contribution in [2.75, 3.05) is 52.4 Å². The number of hydrogen-bond donors (Lipinski definition) is 4. The maximum Gasteiger partial charge on any atom is 0.339 e. The number of imidazole rings is 1. The van der Waals surface area contributed by atoms with Gasteiger partial charge in [0.05, 0.1) is 35.6 Å². The largest absolute Gasteiger partial charge is 0.370 e. The van der Waals surface area contributed by atoms with Crippen molar-refractivity contribution in [1.29, 1.82) is 0 Å². The van der Waals surface area contributed by atoms with Gasteiger partial charge in [-0.2, -0.15) is 8.78 Å². The number of ether oxygens (including phenoxy) is 1. The van der Waals surface area contributed by atoms with Crippen LogP contribution in [0.25, 0.3) is 21.1 Å². The number of carbonyl (C=O) groups excluding carboxylic acids is 5. The number of halogens is 2. The standard InChI is InChI=1S/C19H24N4O3.C16H17F2N2O4PS.C11H13NO2.C4H10/c1-12-7-8-22(10-12)11-13-3-4-14-16(9-13)21(2)19(26)23(14)15-5-6-17(24)20-18(15)25;17-16(18,25(23)24)11-3-4-12-10(7-11)8-13(26-12)15(22)19-9-14(21)20-5-1-2-6-20;13-9-12-6-7-14-11(8-12)10-4-2-1-3-5-10;1-4(2)3/h3-4,9,12,15H,5-8,10-11H2,1-2H3,(H,20,24,25);3-4,7-8,23-24H,1-2,5-6,9H2,(H,19,22);1-5,9,11H,6-8H2;4H,1-3H3. The van der Waals surface area contributed by atoms with E-state index in [1.54, 1.807) is 21.4 Å². The SMILES string of the molecule is CC(C)C.CC1CCN(Cc2ccc3c(c2)n(C)c(=O)n3C2CCC(=O)NC2=O)C1.O=C(NCC(=O)N1CCCC1)c1cc2cc(C(F)(F)P(O)O)ccc2s1.O=CN1CCOC(c2ccccc2)C1. The van der Waals surface area contributed by atoms with Gasteiger partial charge in [-0.25, -0.2) is 4.79 Å². The predicted molar refractivity (Wildman–Crippen MR) is 266 cm³/mol. The van der Waals surface area contributed by atoms with E-state index in [1.807, 2.05) is 48.5 Å². The molecule has 4 N–H and O–H groups in total. The number of nitrogens with zero attached hydrogens (tertiary/aromatic N) is 5. The topological polar surface area (TPSA) is 196 Å². The van der Waals surface area contributed by atoms with Crippen molar-refractivity contribution in [2.24, 2.45) is 18.9 Å². The van der Waals surface area contributed by atoms with Crippen LogP contribution in [-0.2, 0) is 43.2 Å². The van der Waals surface area contributed by atoms with Gasteiger partial charge in [-0.05, 0) is 90.9 Å². The molecule has 5 amide bonds. The zero-order valence-electron chi connectivity index (χ0n) is 40.3. The monoisotopic (exact) mass is 1010 g/mol. The molecule has 70 heavy (non-hydrogen) atoms. The van der Waals surface area contributed by atoms with Crippen molar-refractivity contribution in [1.82, 2.24) is 34.5 Å². The summed E-state index contributed by atoms with van der Waals surface area (Å²) in [6.45, 7) is 15.1. The third-order valence-corrected chi connectivity index (χ3v) is 14.1. The van der Waals surface area contributed by atoms with Gasteiger partial charge in [0.2, 0.25) is 32.5 Å². The van der Waals surface area contributed by atoms with Crippen LogP contribution in [0, 0.1) is 11.8 Å². The van der Waals surface area contributed by atoms with Gasteiger partial charge in [-0.3, -0.25) is 43.3 Å². The summed E-state index contributed by atoms with van der Waals surface area (Å²) in [6, 6.07) is 20.5. The quantitative estimate of drug-likeness (QED) is 0.0670. The first-order valence-electron chi connectivity index (χ1n) is 23.6. The zero-order valence-corrected chi connectivity index (χ0v) is 42.0. The molecule has 4 aliphatic rings. The van der Waals surface area contributed by atoms with Crippen LogP contribution in [0.2, 0.25) is 0 Å². The van der Waals surface area contributed by atoms with Crippen LogP contribution in [0.4, 0.5) is 8.78 Å². The van der Waals surface area contributed by atoms with E-state index in [-0.39, 0.29) is 36.6 Å². The van der Waals surface area contributed by atoms with E-state index in [4.69, 9.17) is 14.5 Å². The second-order valence-electron chi connectivity index (χ2n) is 18.7. The van der Waals surface area contributed by atoms with E-state index >= 15 is 0 Å². The first-order valence-corrected chi connectivity index (χ1v) is 25.7. The zero-order chi connectivity index (χ0) is 50.7. The highest BCUT2D eigenvalue weighted by molar-refractivity contribution is 7.46. The minimum absolute atomic E-state index is 0.0372. The molecule has 0 spiro atoms. The molecule has 0 saturated carbocycles. The molecule has 0 radical (unpaired) electrons. The number of likely N-dealkylation sites (tertiary alicyclic amines) is 2. The smallest absolute Gasteiger partial charge is 0.339 e. The number of morpholine rings is 1. The minimum atomic E-state index is -3.74. The van der Waals surface area contributed by atoms with Crippen LogP contribution >= 0.6 is 19.7 Å².